The minimum Gasteiger partial charge on any atom is -0.383 e. The Labute approximate surface area is 128 Å². The number of nitrogens with zero attached hydrogens (tertiary/aromatic N) is 2. The molecule has 0 radical (unpaired) electrons. The molecule has 0 unspecified atom stereocenters. The highest BCUT2D eigenvalue weighted by Gasteiger charge is 2.29. The summed E-state index contributed by atoms with van der Waals surface area (Å²) in [5, 5.41) is 0. The van der Waals surface area contributed by atoms with Crippen LogP contribution >= 0.6 is 22.6 Å². The fourth-order valence-corrected chi connectivity index (χ4v) is 3.00. The maximum absolute atomic E-state index is 6.00. The number of ether oxygens (including phenoxy) is 1. The minimum absolute atomic E-state index is 0.447. The fraction of sp³-hybridized carbons (Fsp3) is 0.714. The zero-order valence-corrected chi connectivity index (χ0v) is 14.0. The number of aromatic nitrogens is 2. The zero-order valence-electron chi connectivity index (χ0n) is 11.9. The standard InChI is InChI=1S/C14H22IN3O/c1-14(2)6-4-9(5-7-14)13-17-10(8-19-3)11(15)12(16)18-13/h9H,4-8H2,1-3H3,(H2,16,17,18). The number of rotatable bonds is 3. The number of halogens is 1. The zero-order chi connectivity index (χ0) is 14.0. The number of anilines is 1. The molecule has 0 saturated heterocycles. The predicted octanol–water partition coefficient (Wildman–Crippen LogP) is 3.49. The molecular formula is C14H22IN3O. The van der Waals surface area contributed by atoms with Gasteiger partial charge in [-0.1, -0.05) is 13.8 Å². The Kier molecular flexibility index (Phi) is 4.66. The molecule has 1 aliphatic rings. The molecule has 1 fully saturated rings. The minimum atomic E-state index is 0.447. The van der Waals surface area contributed by atoms with Crippen LogP contribution in [0, 0.1) is 8.99 Å². The lowest BCUT2D eigenvalue weighted by atomic mass is 9.73. The molecule has 1 aromatic heterocycles. The maximum Gasteiger partial charge on any atom is 0.141 e. The Hall–Kier alpha value is -0.430. The summed E-state index contributed by atoms with van der Waals surface area (Å²) in [5.41, 5.74) is 7.37. The molecule has 2 rings (SSSR count). The lowest BCUT2D eigenvalue weighted by Crippen LogP contribution is -2.22. The first-order valence-electron chi connectivity index (χ1n) is 6.73. The van der Waals surface area contributed by atoms with Gasteiger partial charge in [0.05, 0.1) is 15.9 Å². The van der Waals surface area contributed by atoms with Crippen molar-refractivity contribution in [3.8, 4) is 0 Å². The summed E-state index contributed by atoms with van der Waals surface area (Å²) < 4.78 is 6.10. The molecule has 0 bridgehead atoms. The average Bonchev–Trinajstić information content (AvgIpc) is 2.35. The molecule has 4 nitrogen and oxygen atoms in total. The van der Waals surface area contributed by atoms with Gasteiger partial charge in [0.2, 0.25) is 0 Å². The van der Waals surface area contributed by atoms with Crippen molar-refractivity contribution in [2.24, 2.45) is 5.41 Å². The van der Waals surface area contributed by atoms with Gasteiger partial charge < -0.3 is 10.5 Å². The summed E-state index contributed by atoms with van der Waals surface area (Å²) >= 11 is 2.19. The second kappa shape index (κ2) is 5.91. The SMILES string of the molecule is COCc1nc(C2CCC(C)(C)CC2)nc(N)c1I. The monoisotopic (exact) mass is 375 g/mol. The van der Waals surface area contributed by atoms with Crippen molar-refractivity contribution in [2.45, 2.75) is 52.1 Å². The van der Waals surface area contributed by atoms with Crippen molar-refractivity contribution in [1.82, 2.24) is 9.97 Å². The summed E-state index contributed by atoms with van der Waals surface area (Å²) in [6, 6.07) is 0. The molecule has 19 heavy (non-hydrogen) atoms. The molecule has 2 N–H and O–H groups in total. The fourth-order valence-electron chi connectivity index (χ4n) is 2.61. The van der Waals surface area contributed by atoms with Crippen LogP contribution in [0.3, 0.4) is 0 Å². The normalized spacial score (nSPS) is 19.6. The average molecular weight is 375 g/mol. The highest BCUT2D eigenvalue weighted by Crippen LogP contribution is 2.41. The van der Waals surface area contributed by atoms with E-state index in [1.807, 2.05) is 0 Å². The van der Waals surface area contributed by atoms with E-state index in [0.29, 0.717) is 23.8 Å². The second-order valence-corrected chi connectivity index (χ2v) is 7.18. The lowest BCUT2D eigenvalue weighted by molar-refractivity contribution is 0.179. The van der Waals surface area contributed by atoms with Crippen molar-refractivity contribution in [3.63, 3.8) is 0 Å². The highest BCUT2D eigenvalue weighted by atomic mass is 127. The molecule has 1 saturated carbocycles. The summed E-state index contributed by atoms with van der Waals surface area (Å²) in [6.07, 6.45) is 4.76. The quantitative estimate of drug-likeness (QED) is 0.822. The van der Waals surface area contributed by atoms with Gasteiger partial charge in [0, 0.05) is 13.0 Å². The maximum atomic E-state index is 6.00. The van der Waals surface area contributed by atoms with E-state index in [4.69, 9.17) is 10.5 Å². The van der Waals surface area contributed by atoms with Gasteiger partial charge in [0.15, 0.2) is 0 Å². The molecule has 0 aromatic carbocycles. The van der Waals surface area contributed by atoms with Crippen LogP contribution in [0.2, 0.25) is 0 Å². The Morgan fingerprint density at radius 1 is 1.32 bits per heavy atom. The molecule has 0 amide bonds. The summed E-state index contributed by atoms with van der Waals surface area (Å²) in [5.74, 6) is 1.94. The van der Waals surface area contributed by atoms with Crippen LogP contribution in [0.1, 0.15) is 57.0 Å². The largest absolute Gasteiger partial charge is 0.383 e. The Morgan fingerprint density at radius 2 is 1.95 bits per heavy atom. The van der Waals surface area contributed by atoms with Crippen LogP contribution in [0.4, 0.5) is 5.82 Å². The van der Waals surface area contributed by atoms with E-state index in [1.165, 1.54) is 12.8 Å². The predicted molar refractivity (Wildman–Crippen MR) is 84.9 cm³/mol. The van der Waals surface area contributed by atoms with Crippen LogP contribution < -0.4 is 5.73 Å². The third kappa shape index (κ3) is 3.56. The van der Waals surface area contributed by atoms with E-state index in [0.717, 1.165) is 27.9 Å². The summed E-state index contributed by atoms with van der Waals surface area (Å²) in [4.78, 5) is 9.16. The van der Waals surface area contributed by atoms with Crippen LogP contribution in [0.15, 0.2) is 0 Å². The molecule has 1 aromatic rings. The first-order chi connectivity index (χ1) is 8.93. The molecule has 1 aliphatic carbocycles. The molecule has 1 heterocycles. The molecule has 0 aliphatic heterocycles. The van der Waals surface area contributed by atoms with Gasteiger partial charge in [-0.15, -0.1) is 0 Å². The Bertz CT molecular complexity index is 452. The molecule has 0 spiro atoms. The van der Waals surface area contributed by atoms with Gasteiger partial charge in [0.25, 0.3) is 0 Å². The Morgan fingerprint density at radius 3 is 2.53 bits per heavy atom. The van der Waals surface area contributed by atoms with Gasteiger partial charge in [-0.3, -0.25) is 0 Å². The number of hydrogen-bond donors (Lipinski definition) is 1. The smallest absolute Gasteiger partial charge is 0.141 e. The topological polar surface area (TPSA) is 61.0 Å². The number of hydrogen-bond acceptors (Lipinski definition) is 4. The lowest BCUT2D eigenvalue weighted by Gasteiger charge is -2.33. The van der Waals surface area contributed by atoms with E-state index < -0.39 is 0 Å². The summed E-state index contributed by atoms with van der Waals surface area (Å²) in [6.45, 7) is 5.17. The van der Waals surface area contributed by atoms with Crippen molar-refractivity contribution < 1.29 is 4.74 Å². The van der Waals surface area contributed by atoms with E-state index >= 15 is 0 Å². The van der Waals surface area contributed by atoms with E-state index in [2.05, 4.69) is 46.4 Å². The number of nitrogens with two attached hydrogens (primary N) is 1. The van der Waals surface area contributed by atoms with Crippen LogP contribution in [0.25, 0.3) is 0 Å². The van der Waals surface area contributed by atoms with Gasteiger partial charge in [-0.05, 0) is 53.7 Å². The van der Waals surface area contributed by atoms with E-state index in [9.17, 15) is 0 Å². The van der Waals surface area contributed by atoms with E-state index in [1.54, 1.807) is 7.11 Å². The van der Waals surface area contributed by atoms with Gasteiger partial charge >= 0.3 is 0 Å². The molecule has 5 heteroatoms. The second-order valence-electron chi connectivity index (χ2n) is 6.10. The Balaban J connectivity index is 2.21. The van der Waals surface area contributed by atoms with Gasteiger partial charge in [-0.25, -0.2) is 9.97 Å². The first-order valence-corrected chi connectivity index (χ1v) is 7.81. The molecular weight excluding hydrogens is 353 g/mol. The number of methoxy groups -OCH3 is 1. The van der Waals surface area contributed by atoms with Crippen molar-refractivity contribution in [2.75, 3.05) is 12.8 Å². The van der Waals surface area contributed by atoms with Crippen LogP contribution in [-0.4, -0.2) is 17.1 Å². The third-order valence-electron chi connectivity index (χ3n) is 3.95. The van der Waals surface area contributed by atoms with Gasteiger partial charge in [0.1, 0.15) is 11.6 Å². The van der Waals surface area contributed by atoms with Crippen LogP contribution in [0.5, 0.6) is 0 Å². The summed E-state index contributed by atoms with van der Waals surface area (Å²) in [7, 11) is 1.68. The molecule has 0 atom stereocenters. The van der Waals surface area contributed by atoms with E-state index in [-0.39, 0.29) is 0 Å². The highest BCUT2D eigenvalue weighted by molar-refractivity contribution is 14.1. The van der Waals surface area contributed by atoms with Crippen LogP contribution in [-0.2, 0) is 11.3 Å². The molecule has 106 valence electrons. The van der Waals surface area contributed by atoms with Crippen molar-refractivity contribution >= 4 is 28.4 Å². The number of nitrogen functional groups attached to an aromatic ring is 1. The first kappa shape index (κ1) is 15.0. The van der Waals surface area contributed by atoms with Crippen molar-refractivity contribution in [3.05, 3.63) is 15.1 Å². The van der Waals surface area contributed by atoms with Gasteiger partial charge in [-0.2, -0.15) is 0 Å². The van der Waals surface area contributed by atoms with Crippen molar-refractivity contribution in [1.29, 1.82) is 0 Å². The third-order valence-corrected chi connectivity index (χ3v) is 5.12.